The third kappa shape index (κ3) is 4.17. The molecule has 2 aromatic carbocycles. The summed E-state index contributed by atoms with van der Waals surface area (Å²) in [5.74, 6) is -2.31. The lowest BCUT2D eigenvalue weighted by atomic mass is 10.2. The number of nitrogens with zero attached hydrogens (tertiary/aromatic N) is 1. The largest absolute Gasteiger partial charge is 0.380 e. The van der Waals surface area contributed by atoms with Crippen LogP contribution in [0.1, 0.15) is 15.9 Å². The summed E-state index contributed by atoms with van der Waals surface area (Å²) >= 11 is 0. The molecule has 0 aliphatic heterocycles. The summed E-state index contributed by atoms with van der Waals surface area (Å²) in [6.07, 6.45) is 2.91. The highest BCUT2D eigenvalue weighted by Crippen LogP contribution is 2.19. The summed E-state index contributed by atoms with van der Waals surface area (Å²) in [7, 11) is 0. The Morgan fingerprint density at radius 2 is 1.68 bits per heavy atom. The van der Waals surface area contributed by atoms with Crippen LogP contribution in [-0.2, 0) is 6.54 Å². The Morgan fingerprint density at radius 1 is 0.960 bits per heavy atom. The summed E-state index contributed by atoms with van der Waals surface area (Å²) in [6, 6.07) is 14.7. The summed E-state index contributed by atoms with van der Waals surface area (Å²) < 4.78 is 27.3. The lowest BCUT2D eigenvalue weighted by Gasteiger charge is -2.10. The van der Waals surface area contributed by atoms with Crippen LogP contribution >= 0.6 is 0 Å². The number of carbonyl (C=O) groups excluding carboxylic acids is 1. The average Bonchev–Trinajstić information content (AvgIpc) is 2.64. The number of para-hydroxylation sites is 1. The van der Waals surface area contributed by atoms with Crippen LogP contribution in [0.2, 0.25) is 0 Å². The number of carbonyl (C=O) groups is 1. The number of amides is 1. The summed E-state index contributed by atoms with van der Waals surface area (Å²) in [6.45, 7) is 0.565. The minimum absolute atomic E-state index is 0.195. The molecule has 6 heteroatoms. The molecule has 0 bridgehead atoms. The minimum Gasteiger partial charge on any atom is -0.380 e. The van der Waals surface area contributed by atoms with E-state index < -0.39 is 23.2 Å². The molecule has 0 atom stereocenters. The van der Waals surface area contributed by atoms with Gasteiger partial charge in [0.25, 0.3) is 5.91 Å². The van der Waals surface area contributed by atoms with Crippen molar-refractivity contribution < 1.29 is 13.6 Å². The van der Waals surface area contributed by atoms with E-state index in [1.54, 1.807) is 12.3 Å². The van der Waals surface area contributed by atoms with Gasteiger partial charge in [0, 0.05) is 18.9 Å². The van der Waals surface area contributed by atoms with Crippen molar-refractivity contribution in [2.45, 2.75) is 6.54 Å². The molecule has 1 amide bonds. The second kappa shape index (κ2) is 7.53. The van der Waals surface area contributed by atoms with Crippen LogP contribution in [0.5, 0.6) is 0 Å². The Morgan fingerprint density at radius 3 is 2.40 bits per heavy atom. The van der Waals surface area contributed by atoms with Gasteiger partial charge in [-0.1, -0.05) is 36.4 Å². The van der Waals surface area contributed by atoms with Crippen molar-refractivity contribution in [1.29, 1.82) is 0 Å². The maximum Gasteiger partial charge on any atom is 0.257 e. The number of benzene rings is 2. The van der Waals surface area contributed by atoms with E-state index in [1.807, 2.05) is 30.3 Å². The molecule has 4 nitrogen and oxygen atoms in total. The first kappa shape index (κ1) is 16.6. The number of pyridine rings is 1. The molecule has 0 aliphatic carbocycles. The van der Waals surface area contributed by atoms with E-state index in [0.29, 0.717) is 12.2 Å². The molecule has 3 aromatic rings. The molecular weight excluding hydrogens is 324 g/mol. The summed E-state index contributed by atoms with van der Waals surface area (Å²) in [4.78, 5) is 16.2. The minimum atomic E-state index is -0.834. The molecule has 0 aliphatic rings. The molecule has 0 radical (unpaired) electrons. The predicted molar refractivity (Wildman–Crippen MR) is 92.3 cm³/mol. The zero-order chi connectivity index (χ0) is 17.6. The molecule has 25 heavy (non-hydrogen) atoms. The zero-order valence-electron chi connectivity index (χ0n) is 13.2. The Balaban J connectivity index is 1.71. The fourth-order valence-corrected chi connectivity index (χ4v) is 2.26. The van der Waals surface area contributed by atoms with Gasteiger partial charge in [0.15, 0.2) is 0 Å². The van der Waals surface area contributed by atoms with Gasteiger partial charge >= 0.3 is 0 Å². The first-order valence-electron chi connectivity index (χ1n) is 7.61. The third-order valence-electron chi connectivity index (χ3n) is 3.54. The van der Waals surface area contributed by atoms with E-state index in [-0.39, 0.29) is 5.56 Å². The molecular formula is C19H15F2N3O. The van der Waals surface area contributed by atoms with Crippen LogP contribution in [0.3, 0.4) is 0 Å². The standard InChI is InChI=1S/C19H15F2N3O/c20-16-7-4-8-17(21)18(16)24-19(25)14-9-15(12-22-11-14)23-10-13-5-2-1-3-6-13/h1-9,11-12,23H,10H2,(H,24,25). The van der Waals surface area contributed by atoms with E-state index in [4.69, 9.17) is 0 Å². The molecule has 0 spiro atoms. The van der Waals surface area contributed by atoms with Crippen LogP contribution in [-0.4, -0.2) is 10.9 Å². The van der Waals surface area contributed by atoms with E-state index in [1.165, 1.54) is 12.3 Å². The van der Waals surface area contributed by atoms with Crippen molar-refractivity contribution in [3.8, 4) is 0 Å². The van der Waals surface area contributed by atoms with Crippen LogP contribution in [0, 0.1) is 11.6 Å². The molecule has 126 valence electrons. The van der Waals surface area contributed by atoms with Gasteiger partial charge in [-0.25, -0.2) is 8.78 Å². The fourth-order valence-electron chi connectivity index (χ4n) is 2.26. The quantitative estimate of drug-likeness (QED) is 0.732. The SMILES string of the molecule is O=C(Nc1c(F)cccc1F)c1cncc(NCc2ccccc2)c1. The second-order valence-corrected chi connectivity index (χ2v) is 5.35. The highest BCUT2D eigenvalue weighted by molar-refractivity contribution is 6.04. The highest BCUT2D eigenvalue weighted by Gasteiger charge is 2.14. The van der Waals surface area contributed by atoms with Crippen LogP contribution in [0.4, 0.5) is 20.2 Å². The van der Waals surface area contributed by atoms with Crippen LogP contribution in [0.15, 0.2) is 67.0 Å². The number of nitrogens with one attached hydrogen (secondary N) is 2. The van der Waals surface area contributed by atoms with Crippen molar-refractivity contribution in [3.05, 3.63) is 89.8 Å². The molecule has 0 saturated carbocycles. The van der Waals surface area contributed by atoms with Crippen molar-refractivity contribution in [3.63, 3.8) is 0 Å². The molecule has 0 fully saturated rings. The van der Waals surface area contributed by atoms with Gasteiger partial charge in [0.05, 0.1) is 11.3 Å². The number of hydrogen-bond acceptors (Lipinski definition) is 3. The number of aromatic nitrogens is 1. The van der Waals surface area contributed by atoms with Gasteiger partial charge in [0.1, 0.15) is 17.3 Å². The monoisotopic (exact) mass is 339 g/mol. The Bertz CT molecular complexity index is 865. The van der Waals surface area contributed by atoms with E-state index in [9.17, 15) is 13.6 Å². The lowest BCUT2D eigenvalue weighted by Crippen LogP contribution is -2.15. The van der Waals surface area contributed by atoms with Crippen molar-refractivity contribution in [2.24, 2.45) is 0 Å². The number of hydrogen-bond donors (Lipinski definition) is 2. The van der Waals surface area contributed by atoms with E-state index >= 15 is 0 Å². The second-order valence-electron chi connectivity index (χ2n) is 5.35. The molecule has 0 unspecified atom stereocenters. The Hall–Kier alpha value is -3.28. The first-order chi connectivity index (χ1) is 12.1. The van der Waals surface area contributed by atoms with Crippen LogP contribution in [0.25, 0.3) is 0 Å². The van der Waals surface area contributed by atoms with Gasteiger partial charge in [-0.3, -0.25) is 9.78 Å². The number of halogens is 2. The van der Waals surface area contributed by atoms with Gasteiger partial charge in [-0.2, -0.15) is 0 Å². The van der Waals surface area contributed by atoms with Gasteiger partial charge < -0.3 is 10.6 Å². The number of rotatable bonds is 5. The predicted octanol–water partition coefficient (Wildman–Crippen LogP) is 4.22. The van der Waals surface area contributed by atoms with Gasteiger partial charge in [0.2, 0.25) is 0 Å². The summed E-state index contributed by atoms with van der Waals surface area (Å²) in [5.41, 5.74) is 1.42. The van der Waals surface area contributed by atoms with Crippen molar-refractivity contribution in [1.82, 2.24) is 4.98 Å². The Labute approximate surface area is 143 Å². The summed E-state index contributed by atoms with van der Waals surface area (Å²) in [5, 5.41) is 5.39. The Kier molecular flexibility index (Phi) is 4.99. The average molecular weight is 339 g/mol. The van der Waals surface area contributed by atoms with Crippen LogP contribution < -0.4 is 10.6 Å². The molecule has 3 rings (SSSR count). The topological polar surface area (TPSA) is 54.0 Å². The molecule has 1 heterocycles. The van der Waals surface area contributed by atoms with Gasteiger partial charge in [-0.05, 0) is 23.8 Å². The maximum atomic E-state index is 13.6. The molecule has 2 N–H and O–H groups in total. The normalized spacial score (nSPS) is 10.3. The van der Waals surface area contributed by atoms with Crippen molar-refractivity contribution >= 4 is 17.3 Å². The lowest BCUT2D eigenvalue weighted by molar-refractivity contribution is 0.102. The number of anilines is 2. The molecule has 1 aromatic heterocycles. The van der Waals surface area contributed by atoms with E-state index in [2.05, 4.69) is 15.6 Å². The molecule has 0 saturated heterocycles. The fraction of sp³-hybridized carbons (Fsp3) is 0.0526. The van der Waals surface area contributed by atoms with E-state index in [0.717, 1.165) is 17.7 Å². The zero-order valence-corrected chi connectivity index (χ0v) is 13.2. The highest BCUT2D eigenvalue weighted by atomic mass is 19.1. The van der Waals surface area contributed by atoms with Crippen molar-refractivity contribution in [2.75, 3.05) is 10.6 Å². The smallest absolute Gasteiger partial charge is 0.257 e. The first-order valence-corrected chi connectivity index (χ1v) is 7.61. The third-order valence-corrected chi connectivity index (χ3v) is 3.54. The van der Waals surface area contributed by atoms with Gasteiger partial charge in [-0.15, -0.1) is 0 Å². The maximum absolute atomic E-state index is 13.6.